The summed E-state index contributed by atoms with van der Waals surface area (Å²) in [5.41, 5.74) is 1.95. The van der Waals surface area contributed by atoms with Gasteiger partial charge in [0.25, 0.3) is 5.91 Å². The second-order valence-electron chi connectivity index (χ2n) is 6.37. The Labute approximate surface area is 202 Å². The van der Waals surface area contributed by atoms with Gasteiger partial charge in [0.2, 0.25) is 0 Å². The highest BCUT2D eigenvalue weighted by atomic mass is 127. The Bertz CT molecular complexity index is 884. The number of alkyl halides is 2. The van der Waals surface area contributed by atoms with E-state index in [9.17, 15) is 13.6 Å². The molecule has 170 valence electrons. The first-order valence-electron chi connectivity index (χ1n) is 9.47. The van der Waals surface area contributed by atoms with Crippen LogP contribution in [0.15, 0.2) is 47.5 Å². The summed E-state index contributed by atoms with van der Waals surface area (Å²) in [6, 6.07) is 11.7. The maximum Gasteiger partial charge on any atom is 0.387 e. The second kappa shape index (κ2) is 14.0. The van der Waals surface area contributed by atoms with Gasteiger partial charge in [-0.25, -0.2) is 0 Å². The molecule has 0 saturated heterocycles. The lowest BCUT2D eigenvalue weighted by molar-refractivity contribution is -0.0504. The maximum atomic E-state index is 12.6. The lowest BCUT2D eigenvalue weighted by Crippen LogP contribution is -2.36. The molecule has 6 nitrogen and oxygen atoms in total. The first-order chi connectivity index (χ1) is 14.4. The van der Waals surface area contributed by atoms with Crippen molar-refractivity contribution in [3.8, 4) is 5.75 Å². The van der Waals surface area contributed by atoms with E-state index < -0.39 is 6.61 Å². The number of nitrogens with zero attached hydrogens (tertiary/aromatic N) is 1. The summed E-state index contributed by atoms with van der Waals surface area (Å²) in [6.45, 7) is 0.292. The summed E-state index contributed by atoms with van der Waals surface area (Å²) in [6.07, 6.45) is 0.867. The van der Waals surface area contributed by atoms with Crippen molar-refractivity contribution < 1.29 is 18.3 Å². The van der Waals surface area contributed by atoms with Gasteiger partial charge in [0.15, 0.2) is 5.96 Å². The fraction of sp³-hybridized carbons (Fsp3) is 0.333. The molecule has 0 radical (unpaired) electrons. The van der Waals surface area contributed by atoms with E-state index in [1.165, 1.54) is 12.1 Å². The van der Waals surface area contributed by atoms with Gasteiger partial charge in [0.05, 0.1) is 0 Å². The molecule has 0 heterocycles. The number of ether oxygens (including phenoxy) is 1. The van der Waals surface area contributed by atoms with Crippen molar-refractivity contribution >= 4 is 47.4 Å². The number of amides is 1. The average molecular weight is 567 g/mol. The zero-order valence-electron chi connectivity index (χ0n) is 17.3. The summed E-state index contributed by atoms with van der Waals surface area (Å²) >= 11 is 5.97. The van der Waals surface area contributed by atoms with Crippen molar-refractivity contribution in [2.24, 2.45) is 4.99 Å². The van der Waals surface area contributed by atoms with E-state index in [2.05, 4.69) is 25.7 Å². The molecule has 0 atom stereocenters. The second-order valence-corrected chi connectivity index (χ2v) is 6.80. The van der Waals surface area contributed by atoms with Crippen molar-refractivity contribution in [2.75, 3.05) is 13.6 Å². The Hall–Kier alpha value is -2.14. The van der Waals surface area contributed by atoms with Crippen LogP contribution in [-0.2, 0) is 13.1 Å². The van der Waals surface area contributed by atoms with Crippen molar-refractivity contribution in [1.82, 2.24) is 16.0 Å². The molecule has 0 aliphatic heterocycles. The van der Waals surface area contributed by atoms with Crippen molar-refractivity contribution in [3.63, 3.8) is 0 Å². The number of carbonyl (C=O) groups is 1. The predicted octanol–water partition coefficient (Wildman–Crippen LogP) is 4.56. The molecular formula is C21H26ClF2IN4O2. The zero-order valence-corrected chi connectivity index (χ0v) is 20.3. The van der Waals surface area contributed by atoms with Crippen LogP contribution in [0.25, 0.3) is 0 Å². The Kier molecular flexibility index (Phi) is 12.2. The van der Waals surface area contributed by atoms with E-state index in [0.717, 1.165) is 12.0 Å². The van der Waals surface area contributed by atoms with E-state index in [0.29, 0.717) is 35.2 Å². The number of rotatable bonds is 9. The molecule has 0 aliphatic carbocycles. The van der Waals surface area contributed by atoms with E-state index in [-0.39, 0.29) is 42.2 Å². The van der Waals surface area contributed by atoms with Crippen molar-refractivity contribution in [1.29, 1.82) is 0 Å². The summed E-state index contributed by atoms with van der Waals surface area (Å²) in [4.78, 5) is 16.2. The molecule has 3 N–H and O–H groups in total. The zero-order chi connectivity index (χ0) is 21.9. The van der Waals surface area contributed by atoms with Gasteiger partial charge in [-0.1, -0.05) is 30.7 Å². The fourth-order valence-electron chi connectivity index (χ4n) is 2.65. The van der Waals surface area contributed by atoms with Crippen LogP contribution in [0.2, 0.25) is 5.02 Å². The summed E-state index contributed by atoms with van der Waals surface area (Å²) in [7, 11) is 1.60. The molecular weight excluding hydrogens is 541 g/mol. The Morgan fingerprint density at radius 3 is 2.55 bits per heavy atom. The minimum Gasteiger partial charge on any atom is -0.434 e. The number of carbonyl (C=O) groups excluding carboxylic acids is 1. The predicted molar refractivity (Wildman–Crippen MR) is 130 cm³/mol. The number of benzene rings is 2. The molecule has 1 amide bonds. The summed E-state index contributed by atoms with van der Waals surface area (Å²) in [5.74, 6) is 0.385. The Morgan fingerprint density at radius 1 is 1.13 bits per heavy atom. The van der Waals surface area contributed by atoms with Gasteiger partial charge in [-0.15, -0.1) is 24.0 Å². The third-order valence-corrected chi connectivity index (χ3v) is 4.33. The highest BCUT2D eigenvalue weighted by Crippen LogP contribution is 2.24. The van der Waals surface area contributed by atoms with Gasteiger partial charge in [-0.05, 0) is 42.3 Å². The van der Waals surface area contributed by atoms with Crippen LogP contribution in [0.1, 0.15) is 34.8 Å². The standard InChI is InChI=1S/C21H25ClF2N4O2.HI/c1-3-9-26-19(29)15-6-4-5-14(10-15)12-27-21(25-2)28-13-16-11-17(22)7-8-18(16)30-20(23)24;/h4-8,10-11,20H,3,9,12-13H2,1-2H3,(H,26,29)(H2,25,27,28);1H. The molecule has 0 bridgehead atoms. The first kappa shape index (κ1) is 26.9. The van der Waals surface area contributed by atoms with E-state index in [1.54, 1.807) is 25.2 Å². The van der Waals surface area contributed by atoms with Crippen LogP contribution >= 0.6 is 35.6 Å². The third-order valence-electron chi connectivity index (χ3n) is 4.09. The molecule has 2 aromatic rings. The van der Waals surface area contributed by atoms with Gasteiger partial charge < -0.3 is 20.7 Å². The molecule has 2 aromatic carbocycles. The fourth-order valence-corrected chi connectivity index (χ4v) is 2.84. The first-order valence-corrected chi connectivity index (χ1v) is 9.85. The van der Waals surface area contributed by atoms with E-state index in [4.69, 9.17) is 11.6 Å². The molecule has 10 heteroatoms. The number of halogens is 4. The molecule has 0 spiro atoms. The monoisotopic (exact) mass is 566 g/mol. The topological polar surface area (TPSA) is 74.8 Å². The highest BCUT2D eigenvalue weighted by Gasteiger charge is 2.11. The average Bonchev–Trinajstić information content (AvgIpc) is 2.73. The number of guanidine groups is 1. The Morgan fingerprint density at radius 2 is 1.87 bits per heavy atom. The molecule has 2 rings (SSSR count). The SMILES string of the molecule is CCCNC(=O)c1cccc(CNC(=NC)NCc2cc(Cl)ccc2OC(F)F)c1.I. The molecule has 31 heavy (non-hydrogen) atoms. The van der Waals surface area contributed by atoms with Crippen LogP contribution in [0.4, 0.5) is 8.78 Å². The van der Waals surface area contributed by atoms with Gasteiger partial charge in [0.1, 0.15) is 5.75 Å². The van der Waals surface area contributed by atoms with Gasteiger partial charge >= 0.3 is 6.61 Å². The minimum absolute atomic E-state index is 0. The number of hydrogen-bond acceptors (Lipinski definition) is 3. The largest absolute Gasteiger partial charge is 0.434 e. The van der Waals surface area contributed by atoms with Gasteiger partial charge in [-0.3, -0.25) is 9.79 Å². The highest BCUT2D eigenvalue weighted by molar-refractivity contribution is 14.0. The lowest BCUT2D eigenvalue weighted by Gasteiger charge is -2.15. The van der Waals surface area contributed by atoms with Crippen LogP contribution in [-0.4, -0.2) is 32.1 Å². The van der Waals surface area contributed by atoms with Crippen LogP contribution < -0.4 is 20.7 Å². The lowest BCUT2D eigenvalue weighted by atomic mass is 10.1. The van der Waals surface area contributed by atoms with Crippen LogP contribution in [0.3, 0.4) is 0 Å². The van der Waals surface area contributed by atoms with Crippen molar-refractivity contribution in [3.05, 3.63) is 64.2 Å². The van der Waals surface area contributed by atoms with E-state index in [1.807, 2.05) is 19.1 Å². The van der Waals surface area contributed by atoms with E-state index >= 15 is 0 Å². The van der Waals surface area contributed by atoms with Crippen LogP contribution in [0, 0.1) is 0 Å². The summed E-state index contributed by atoms with van der Waals surface area (Å²) in [5, 5.41) is 9.42. The molecule has 0 fully saturated rings. The molecule has 0 saturated carbocycles. The smallest absolute Gasteiger partial charge is 0.387 e. The van der Waals surface area contributed by atoms with Gasteiger partial charge in [0, 0.05) is 42.8 Å². The maximum absolute atomic E-state index is 12.6. The minimum atomic E-state index is -2.93. The number of aliphatic imine (C=N–C) groups is 1. The number of nitrogens with one attached hydrogen (secondary N) is 3. The third kappa shape index (κ3) is 9.26. The van der Waals surface area contributed by atoms with Gasteiger partial charge in [-0.2, -0.15) is 8.78 Å². The molecule has 0 unspecified atom stereocenters. The molecule has 0 aliphatic rings. The Balaban J connectivity index is 0.00000480. The van der Waals surface area contributed by atoms with Crippen LogP contribution in [0.5, 0.6) is 5.75 Å². The summed E-state index contributed by atoms with van der Waals surface area (Å²) < 4.78 is 29.7. The quantitative estimate of drug-likeness (QED) is 0.236. The number of hydrogen-bond donors (Lipinski definition) is 3. The molecule has 0 aromatic heterocycles. The van der Waals surface area contributed by atoms with Crippen molar-refractivity contribution in [2.45, 2.75) is 33.0 Å². The normalized spacial score (nSPS) is 11.0.